The molecule has 244 valence electrons. The standard InChI is InChI=1S/C33H43FN4O5S2/c1-4-43-30(39)10-9-23-17-24-20-33(2,3)21-35-31(24)28(18-23)45(41,42)37-26(19-29-36-25-7-5-6-8-27(25)44-29)32(40)38-15-12-22(11-14-34)13-16-38/h5-8,17-18,22,26,35,37H,4,9-16,19-21H2,1-3H3/t26-/m0/s1. The van der Waals surface area contributed by atoms with Crippen LogP contribution in [0.25, 0.3) is 10.2 Å². The summed E-state index contributed by atoms with van der Waals surface area (Å²) in [7, 11) is -4.21. The number of rotatable bonds is 12. The highest BCUT2D eigenvalue weighted by molar-refractivity contribution is 7.89. The van der Waals surface area contributed by atoms with Crippen molar-refractivity contribution in [2.24, 2.45) is 11.3 Å². The van der Waals surface area contributed by atoms with E-state index in [1.165, 1.54) is 11.3 Å². The zero-order valence-corrected chi connectivity index (χ0v) is 27.9. The lowest BCUT2D eigenvalue weighted by atomic mass is 9.81. The number of para-hydroxylation sites is 1. The van der Waals surface area contributed by atoms with Crippen molar-refractivity contribution < 1.29 is 27.1 Å². The average Bonchev–Trinajstić information content (AvgIpc) is 3.41. The van der Waals surface area contributed by atoms with Crippen LogP contribution in [0, 0.1) is 11.3 Å². The predicted octanol–water partition coefficient (Wildman–Crippen LogP) is 5.27. The SMILES string of the molecule is CCOC(=O)CCc1cc2c(c(S(=O)(=O)N[C@@H](Cc3nc4ccccc4s3)C(=O)N3CCC(CCF)CC3)c1)NCC(C)(C)C2. The fourth-order valence-corrected chi connectivity index (χ4v) is 8.72. The number of aryl methyl sites for hydroxylation is 1. The number of hydrogen-bond donors (Lipinski definition) is 2. The van der Waals surface area contributed by atoms with Gasteiger partial charge in [0.2, 0.25) is 15.9 Å². The van der Waals surface area contributed by atoms with Crippen LogP contribution in [-0.4, -0.2) is 69.1 Å². The van der Waals surface area contributed by atoms with Crippen molar-refractivity contribution in [1.82, 2.24) is 14.6 Å². The molecule has 45 heavy (non-hydrogen) atoms. The first-order valence-corrected chi connectivity index (χ1v) is 18.0. The third-order valence-electron chi connectivity index (χ3n) is 8.62. The van der Waals surface area contributed by atoms with E-state index in [4.69, 9.17) is 9.72 Å². The van der Waals surface area contributed by atoms with E-state index in [1.54, 1.807) is 17.9 Å². The van der Waals surface area contributed by atoms with Crippen molar-refractivity contribution in [2.75, 3.05) is 38.2 Å². The van der Waals surface area contributed by atoms with Crippen LogP contribution in [0.4, 0.5) is 10.1 Å². The molecule has 12 heteroatoms. The Morgan fingerprint density at radius 1 is 1.22 bits per heavy atom. The number of sulfonamides is 1. The Bertz CT molecular complexity index is 1600. The molecule has 0 saturated carbocycles. The molecule has 3 aromatic rings. The van der Waals surface area contributed by atoms with Crippen LogP contribution < -0.4 is 10.0 Å². The number of amides is 1. The molecule has 0 unspecified atom stereocenters. The maximum Gasteiger partial charge on any atom is 0.306 e. The Kier molecular flexibility index (Phi) is 10.4. The summed E-state index contributed by atoms with van der Waals surface area (Å²) in [5.74, 6) is -0.427. The normalized spacial score (nSPS) is 17.5. The minimum absolute atomic E-state index is 0.0677. The lowest BCUT2D eigenvalue weighted by Crippen LogP contribution is -2.51. The highest BCUT2D eigenvalue weighted by atomic mass is 32.2. The number of benzene rings is 2. The Morgan fingerprint density at radius 3 is 2.69 bits per heavy atom. The number of alkyl halides is 1. The molecule has 1 amide bonds. The van der Waals surface area contributed by atoms with E-state index in [0.29, 0.717) is 68.0 Å². The van der Waals surface area contributed by atoms with Crippen LogP contribution in [0.15, 0.2) is 41.3 Å². The Hall–Kier alpha value is -3.09. The summed E-state index contributed by atoms with van der Waals surface area (Å²) < 4.78 is 50.4. The molecule has 2 aromatic carbocycles. The van der Waals surface area contributed by atoms with Gasteiger partial charge < -0.3 is 15.0 Å². The maximum atomic E-state index is 14.3. The molecule has 0 radical (unpaired) electrons. The number of likely N-dealkylation sites (tertiary alicyclic amines) is 1. The molecule has 0 spiro atoms. The number of piperidine rings is 1. The fourth-order valence-electron chi connectivity index (χ4n) is 6.25. The first kappa shape index (κ1) is 33.3. The molecular formula is C33H43FN4O5S2. The summed E-state index contributed by atoms with van der Waals surface area (Å²) in [6.45, 7) is 7.38. The molecule has 1 fully saturated rings. The Labute approximate surface area is 269 Å². The number of thiazole rings is 1. The van der Waals surface area contributed by atoms with Crippen molar-refractivity contribution in [2.45, 2.75) is 76.7 Å². The monoisotopic (exact) mass is 658 g/mol. The zero-order chi connectivity index (χ0) is 32.2. The van der Waals surface area contributed by atoms with Gasteiger partial charge in [-0.3, -0.25) is 14.0 Å². The zero-order valence-electron chi connectivity index (χ0n) is 26.2. The van der Waals surface area contributed by atoms with Crippen molar-refractivity contribution >= 4 is 49.1 Å². The number of nitrogens with zero attached hydrogens (tertiary/aromatic N) is 2. The number of halogens is 1. The van der Waals surface area contributed by atoms with E-state index in [0.717, 1.165) is 15.8 Å². The summed E-state index contributed by atoms with van der Waals surface area (Å²) in [6.07, 6.45) is 3.08. The lowest BCUT2D eigenvalue weighted by molar-refractivity contribution is -0.143. The third kappa shape index (κ3) is 8.20. The summed E-state index contributed by atoms with van der Waals surface area (Å²) in [5, 5.41) is 4.00. The second-order valence-electron chi connectivity index (χ2n) is 12.8. The van der Waals surface area contributed by atoms with Gasteiger partial charge in [-0.1, -0.05) is 32.0 Å². The number of carbonyl (C=O) groups excluding carboxylic acids is 2. The minimum atomic E-state index is -4.21. The van der Waals surface area contributed by atoms with Crippen LogP contribution in [0.3, 0.4) is 0 Å². The fraction of sp³-hybridized carbons (Fsp3) is 0.545. The van der Waals surface area contributed by atoms with E-state index < -0.39 is 16.1 Å². The number of fused-ring (bicyclic) bond motifs is 2. The van der Waals surface area contributed by atoms with Gasteiger partial charge in [-0.25, -0.2) is 13.4 Å². The summed E-state index contributed by atoms with van der Waals surface area (Å²) in [6, 6.07) is 10.2. The predicted molar refractivity (Wildman–Crippen MR) is 175 cm³/mol. The molecule has 0 bridgehead atoms. The topological polar surface area (TPSA) is 118 Å². The first-order chi connectivity index (χ1) is 21.5. The second kappa shape index (κ2) is 14.1. The molecule has 3 heterocycles. The van der Waals surface area contributed by atoms with Gasteiger partial charge >= 0.3 is 5.97 Å². The highest BCUT2D eigenvalue weighted by Crippen LogP contribution is 2.38. The summed E-state index contributed by atoms with van der Waals surface area (Å²) in [5.41, 5.74) is 2.80. The van der Waals surface area contributed by atoms with Crippen LogP contribution in [0.2, 0.25) is 0 Å². The van der Waals surface area contributed by atoms with Gasteiger partial charge in [0.05, 0.1) is 34.2 Å². The molecule has 2 aliphatic heterocycles. The van der Waals surface area contributed by atoms with Gasteiger partial charge in [0.25, 0.3) is 0 Å². The van der Waals surface area contributed by atoms with Crippen LogP contribution in [-0.2, 0) is 43.6 Å². The number of hydrogen-bond acceptors (Lipinski definition) is 8. The molecule has 5 rings (SSSR count). The van der Waals surface area contributed by atoms with Gasteiger partial charge in [-0.05, 0) is 79.7 Å². The van der Waals surface area contributed by atoms with E-state index >= 15 is 0 Å². The molecule has 1 atom stereocenters. The van der Waals surface area contributed by atoms with E-state index in [9.17, 15) is 22.4 Å². The number of carbonyl (C=O) groups is 2. The Balaban J connectivity index is 1.46. The number of nitrogens with one attached hydrogen (secondary N) is 2. The average molecular weight is 659 g/mol. The summed E-state index contributed by atoms with van der Waals surface area (Å²) in [4.78, 5) is 32.6. The van der Waals surface area contributed by atoms with Crippen LogP contribution >= 0.6 is 11.3 Å². The molecule has 9 nitrogen and oxygen atoms in total. The quantitative estimate of drug-likeness (QED) is 0.255. The lowest BCUT2D eigenvalue weighted by Gasteiger charge is -2.35. The van der Waals surface area contributed by atoms with Crippen molar-refractivity contribution in [3.8, 4) is 0 Å². The molecule has 0 aliphatic carbocycles. The number of aromatic nitrogens is 1. The molecule has 1 saturated heterocycles. The maximum absolute atomic E-state index is 14.3. The molecule has 2 aliphatic rings. The van der Waals surface area contributed by atoms with Crippen molar-refractivity contribution in [3.05, 3.63) is 52.5 Å². The smallest absolute Gasteiger partial charge is 0.306 e. The Morgan fingerprint density at radius 2 is 1.98 bits per heavy atom. The second-order valence-corrected chi connectivity index (χ2v) is 15.6. The third-order valence-corrected chi connectivity index (χ3v) is 11.2. The van der Waals surface area contributed by atoms with Gasteiger partial charge in [-0.2, -0.15) is 4.72 Å². The van der Waals surface area contributed by atoms with Crippen molar-refractivity contribution in [3.63, 3.8) is 0 Å². The number of anilines is 1. The number of ether oxygens (including phenoxy) is 1. The molecule has 1 aromatic heterocycles. The summed E-state index contributed by atoms with van der Waals surface area (Å²) >= 11 is 1.44. The van der Waals surface area contributed by atoms with Gasteiger partial charge in [0.15, 0.2) is 0 Å². The van der Waals surface area contributed by atoms with Gasteiger partial charge in [-0.15, -0.1) is 11.3 Å². The van der Waals surface area contributed by atoms with Crippen LogP contribution in [0.1, 0.15) is 62.6 Å². The van der Waals surface area contributed by atoms with E-state index in [1.807, 2.05) is 30.3 Å². The van der Waals surface area contributed by atoms with Gasteiger partial charge in [0, 0.05) is 32.5 Å². The van der Waals surface area contributed by atoms with Crippen molar-refractivity contribution in [1.29, 1.82) is 0 Å². The van der Waals surface area contributed by atoms with E-state index in [2.05, 4.69) is 23.9 Å². The highest BCUT2D eigenvalue weighted by Gasteiger charge is 2.36. The molecular weight excluding hydrogens is 616 g/mol. The first-order valence-electron chi connectivity index (χ1n) is 15.7. The molecule has 2 N–H and O–H groups in total. The van der Waals surface area contributed by atoms with E-state index in [-0.39, 0.29) is 54.2 Å². The number of esters is 1. The van der Waals surface area contributed by atoms with Crippen LogP contribution in [0.5, 0.6) is 0 Å². The minimum Gasteiger partial charge on any atom is -0.466 e. The van der Waals surface area contributed by atoms with Gasteiger partial charge in [0.1, 0.15) is 10.9 Å². The largest absolute Gasteiger partial charge is 0.466 e.